The topological polar surface area (TPSA) is 68.5 Å². The number of piperazine rings is 1. The molecule has 18 heavy (non-hydrogen) atoms. The lowest BCUT2D eigenvalue weighted by molar-refractivity contribution is 0.229. The first-order valence-electron chi connectivity index (χ1n) is 5.97. The number of benzene rings is 1. The summed E-state index contributed by atoms with van der Waals surface area (Å²) in [4.78, 5) is 2.24. The van der Waals surface area contributed by atoms with E-state index >= 15 is 0 Å². The summed E-state index contributed by atoms with van der Waals surface area (Å²) in [6, 6.07) is 5.36. The molecule has 1 aliphatic rings. The number of ether oxygens (including phenoxy) is 1. The molecular weight excluding hydrogens is 230 g/mol. The molecule has 0 aromatic heterocycles. The molecule has 2 rings (SSSR count). The van der Waals surface area contributed by atoms with Crippen LogP contribution < -0.4 is 10.1 Å². The van der Waals surface area contributed by atoms with Gasteiger partial charge in [0.2, 0.25) is 0 Å². The maximum Gasteiger partial charge on any atom is 0.162 e. The Bertz CT molecular complexity index is 462. The molecule has 5 nitrogen and oxygen atoms in total. The van der Waals surface area contributed by atoms with E-state index in [1.807, 2.05) is 0 Å². The summed E-state index contributed by atoms with van der Waals surface area (Å²) in [5.74, 6) is 0.495. The summed E-state index contributed by atoms with van der Waals surface area (Å²) in [5.41, 5.74) is 1.25. The number of methoxy groups -OCH3 is 1. The number of aromatic hydroxyl groups is 1. The van der Waals surface area contributed by atoms with E-state index in [9.17, 15) is 5.11 Å². The van der Waals surface area contributed by atoms with Gasteiger partial charge in [-0.1, -0.05) is 0 Å². The predicted molar refractivity (Wildman–Crippen MR) is 67.5 cm³/mol. The Morgan fingerprint density at radius 3 is 2.78 bits per heavy atom. The predicted octanol–water partition coefficient (Wildman–Crippen LogP) is 0.678. The molecule has 0 radical (unpaired) electrons. The van der Waals surface area contributed by atoms with Gasteiger partial charge in [-0.25, -0.2) is 0 Å². The normalized spacial score (nSPS) is 16.2. The molecule has 0 atom stereocenters. The third-order valence-electron chi connectivity index (χ3n) is 3.11. The Hall–Kier alpha value is -1.77. The highest BCUT2D eigenvalue weighted by Gasteiger charge is 2.15. The molecule has 96 valence electrons. The largest absolute Gasteiger partial charge is 0.504 e. The number of hydrogen-bond acceptors (Lipinski definition) is 5. The molecule has 1 aromatic rings. The van der Waals surface area contributed by atoms with Crippen molar-refractivity contribution < 1.29 is 9.84 Å². The highest BCUT2D eigenvalue weighted by atomic mass is 16.5. The summed E-state index contributed by atoms with van der Waals surface area (Å²) < 4.78 is 5.09. The van der Waals surface area contributed by atoms with E-state index in [1.54, 1.807) is 12.1 Å². The second kappa shape index (κ2) is 5.71. The highest BCUT2D eigenvalue weighted by molar-refractivity contribution is 5.51. The van der Waals surface area contributed by atoms with Crippen LogP contribution in [0.2, 0.25) is 0 Å². The Morgan fingerprint density at radius 2 is 2.17 bits per heavy atom. The van der Waals surface area contributed by atoms with Gasteiger partial charge in [0.15, 0.2) is 11.5 Å². The molecule has 1 fully saturated rings. The third-order valence-corrected chi connectivity index (χ3v) is 3.11. The molecule has 0 unspecified atom stereocenters. The summed E-state index contributed by atoms with van der Waals surface area (Å²) in [6.07, 6.45) is 0. The van der Waals surface area contributed by atoms with E-state index in [2.05, 4.69) is 16.3 Å². The van der Waals surface area contributed by atoms with Crippen molar-refractivity contribution in [2.45, 2.75) is 6.54 Å². The number of rotatable bonds is 3. The maximum absolute atomic E-state index is 10.1. The van der Waals surface area contributed by atoms with Crippen LogP contribution in [0, 0.1) is 11.3 Å². The van der Waals surface area contributed by atoms with Crippen molar-refractivity contribution in [2.75, 3.05) is 33.3 Å². The van der Waals surface area contributed by atoms with Crippen LogP contribution in [0.5, 0.6) is 11.5 Å². The highest BCUT2D eigenvalue weighted by Crippen LogP contribution is 2.32. The summed E-state index contributed by atoms with van der Waals surface area (Å²) in [5, 5.41) is 22.3. The van der Waals surface area contributed by atoms with Gasteiger partial charge in [0, 0.05) is 44.4 Å². The number of hydrogen-bond donors (Lipinski definition) is 2. The first kappa shape index (κ1) is 12.7. The zero-order chi connectivity index (χ0) is 13.0. The second-order valence-electron chi connectivity index (χ2n) is 4.32. The van der Waals surface area contributed by atoms with Gasteiger partial charge in [-0.05, 0) is 6.07 Å². The quantitative estimate of drug-likeness (QED) is 0.822. The molecule has 0 amide bonds. The van der Waals surface area contributed by atoms with Crippen molar-refractivity contribution >= 4 is 0 Å². The second-order valence-corrected chi connectivity index (χ2v) is 4.32. The van der Waals surface area contributed by atoms with Gasteiger partial charge in [-0.15, -0.1) is 0 Å². The zero-order valence-electron chi connectivity index (χ0n) is 10.4. The number of nitrogens with zero attached hydrogens (tertiary/aromatic N) is 2. The van der Waals surface area contributed by atoms with Crippen LogP contribution in [0.15, 0.2) is 12.1 Å². The lowest BCUT2D eigenvalue weighted by atomic mass is 10.1. The van der Waals surface area contributed by atoms with Crippen LogP contribution in [0.25, 0.3) is 0 Å². The van der Waals surface area contributed by atoms with Gasteiger partial charge >= 0.3 is 0 Å². The molecule has 1 saturated heterocycles. The summed E-state index contributed by atoms with van der Waals surface area (Å²) in [7, 11) is 1.49. The van der Waals surface area contributed by atoms with Crippen molar-refractivity contribution in [1.82, 2.24) is 10.2 Å². The standard InChI is InChI=1S/C13H17N3O2/c1-18-12-7-10(8-14)6-11(13(12)17)9-16-4-2-15-3-5-16/h6-7,15,17H,2-5,9H2,1H3. The molecule has 5 heteroatoms. The molecule has 0 spiro atoms. The van der Waals surface area contributed by atoms with Crippen molar-refractivity contribution in [3.63, 3.8) is 0 Å². The minimum Gasteiger partial charge on any atom is -0.504 e. The van der Waals surface area contributed by atoms with Crippen LogP contribution in [0.4, 0.5) is 0 Å². The Morgan fingerprint density at radius 1 is 1.44 bits per heavy atom. The molecular formula is C13H17N3O2. The fraction of sp³-hybridized carbons (Fsp3) is 0.462. The average Bonchev–Trinajstić information content (AvgIpc) is 2.42. The Kier molecular flexibility index (Phi) is 4.03. The molecule has 0 bridgehead atoms. The van der Waals surface area contributed by atoms with E-state index in [0.717, 1.165) is 31.7 Å². The molecule has 1 aromatic carbocycles. The van der Waals surface area contributed by atoms with Crippen molar-refractivity contribution in [3.8, 4) is 17.6 Å². The van der Waals surface area contributed by atoms with Crippen molar-refractivity contribution in [3.05, 3.63) is 23.3 Å². The lowest BCUT2D eigenvalue weighted by Crippen LogP contribution is -2.42. The van der Waals surface area contributed by atoms with E-state index in [0.29, 0.717) is 17.9 Å². The van der Waals surface area contributed by atoms with Crippen molar-refractivity contribution in [1.29, 1.82) is 5.26 Å². The number of nitriles is 1. The SMILES string of the molecule is COc1cc(C#N)cc(CN2CCNCC2)c1O. The van der Waals surface area contributed by atoms with Gasteiger partial charge in [-0.3, -0.25) is 4.90 Å². The van der Waals surface area contributed by atoms with Crippen LogP contribution in [0.1, 0.15) is 11.1 Å². The monoisotopic (exact) mass is 247 g/mol. The first-order chi connectivity index (χ1) is 8.74. The fourth-order valence-electron chi connectivity index (χ4n) is 2.12. The molecule has 0 aliphatic carbocycles. The smallest absolute Gasteiger partial charge is 0.162 e. The number of nitrogens with one attached hydrogen (secondary N) is 1. The summed E-state index contributed by atoms with van der Waals surface area (Å²) in [6.45, 7) is 4.43. The van der Waals surface area contributed by atoms with E-state index in [4.69, 9.17) is 10.00 Å². The zero-order valence-corrected chi connectivity index (χ0v) is 10.4. The van der Waals surface area contributed by atoms with E-state index < -0.39 is 0 Å². The summed E-state index contributed by atoms with van der Waals surface area (Å²) >= 11 is 0. The van der Waals surface area contributed by atoms with Gasteiger partial charge in [0.1, 0.15) is 0 Å². The minimum absolute atomic E-state index is 0.134. The first-order valence-corrected chi connectivity index (χ1v) is 5.97. The van der Waals surface area contributed by atoms with Gasteiger partial charge in [0.25, 0.3) is 0 Å². The van der Waals surface area contributed by atoms with E-state index in [-0.39, 0.29) is 5.75 Å². The fourth-order valence-corrected chi connectivity index (χ4v) is 2.12. The number of phenolic OH excluding ortho intramolecular Hbond substituents is 1. The minimum atomic E-state index is 0.134. The van der Waals surface area contributed by atoms with Gasteiger partial charge < -0.3 is 15.2 Å². The van der Waals surface area contributed by atoms with Crippen molar-refractivity contribution in [2.24, 2.45) is 0 Å². The maximum atomic E-state index is 10.1. The Balaban J connectivity index is 2.22. The molecule has 0 saturated carbocycles. The van der Waals surface area contributed by atoms with Gasteiger partial charge in [0.05, 0.1) is 18.7 Å². The lowest BCUT2D eigenvalue weighted by Gasteiger charge is -2.27. The van der Waals surface area contributed by atoms with Crippen LogP contribution >= 0.6 is 0 Å². The number of phenols is 1. The van der Waals surface area contributed by atoms with Crippen LogP contribution in [0.3, 0.4) is 0 Å². The Labute approximate surface area is 107 Å². The van der Waals surface area contributed by atoms with Gasteiger partial charge in [-0.2, -0.15) is 5.26 Å². The van der Waals surface area contributed by atoms with Crippen LogP contribution in [-0.2, 0) is 6.54 Å². The average molecular weight is 247 g/mol. The molecule has 1 aliphatic heterocycles. The third kappa shape index (κ3) is 2.73. The van der Waals surface area contributed by atoms with E-state index in [1.165, 1.54) is 7.11 Å². The molecule has 2 N–H and O–H groups in total. The van der Waals surface area contributed by atoms with Crippen LogP contribution in [-0.4, -0.2) is 43.3 Å². The molecule has 1 heterocycles.